The van der Waals surface area contributed by atoms with Crippen molar-refractivity contribution in [2.45, 2.75) is 45.7 Å². The van der Waals surface area contributed by atoms with Crippen LogP contribution < -0.4 is 10.6 Å². The highest BCUT2D eigenvalue weighted by atomic mass is 16.3. The van der Waals surface area contributed by atoms with Crippen LogP contribution in [0.1, 0.15) is 45.2 Å². The minimum absolute atomic E-state index is 0.0256. The molecule has 19 heavy (non-hydrogen) atoms. The maximum atomic E-state index is 11.6. The Morgan fingerprint density at radius 1 is 1.32 bits per heavy atom. The number of aromatic hydroxyl groups is 1. The van der Waals surface area contributed by atoms with Gasteiger partial charge in [0.2, 0.25) is 5.91 Å². The zero-order valence-corrected chi connectivity index (χ0v) is 11.9. The first-order valence-corrected chi connectivity index (χ1v) is 6.85. The van der Waals surface area contributed by atoms with E-state index in [1.807, 2.05) is 32.9 Å². The molecular weight excluding hydrogens is 240 g/mol. The van der Waals surface area contributed by atoms with Crippen molar-refractivity contribution in [3.05, 3.63) is 29.8 Å². The Balaban J connectivity index is 2.33. The van der Waals surface area contributed by atoms with Crippen molar-refractivity contribution in [3.63, 3.8) is 0 Å². The molecule has 0 aromatic heterocycles. The lowest BCUT2D eigenvalue weighted by molar-refractivity contribution is -0.121. The van der Waals surface area contributed by atoms with Crippen LogP contribution in [0, 0.1) is 0 Å². The highest BCUT2D eigenvalue weighted by Gasteiger charge is 2.10. The van der Waals surface area contributed by atoms with Crippen LogP contribution in [0.5, 0.6) is 5.75 Å². The van der Waals surface area contributed by atoms with Crippen LogP contribution in [0.3, 0.4) is 0 Å². The zero-order chi connectivity index (χ0) is 14.3. The van der Waals surface area contributed by atoms with Crippen LogP contribution >= 0.6 is 0 Å². The quantitative estimate of drug-likeness (QED) is 0.708. The molecule has 0 saturated heterocycles. The second-order valence-corrected chi connectivity index (χ2v) is 4.86. The third kappa shape index (κ3) is 5.30. The number of nitrogens with one attached hydrogen (secondary N) is 2. The Bertz CT molecular complexity index is 407. The van der Waals surface area contributed by atoms with Gasteiger partial charge in [-0.2, -0.15) is 0 Å². The normalized spacial score (nSPS) is 13.8. The average molecular weight is 264 g/mol. The van der Waals surface area contributed by atoms with Gasteiger partial charge >= 0.3 is 0 Å². The van der Waals surface area contributed by atoms with Crippen LogP contribution in [0.4, 0.5) is 0 Å². The molecule has 1 amide bonds. The highest BCUT2D eigenvalue weighted by molar-refractivity contribution is 5.76. The first kappa shape index (κ1) is 15.5. The number of carbonyl (C=O) groups excluding carboxylic acids is 1. The SMILES string of the molecule is CCC(C)NC(=O)CCNC(C)c1ccccc1O. The zero-order valence-electron chi connectivity index (χ0n) is 11.9. The van der Waals surface area contributed by atoms with Gasteiger partial charge in [0.1, 0.15) is 5.75 Å². The molecule has 0 aliphatic carbocycles. The number of amides is 1. The Hall–Kier alpha value is -1.55. The smallest absolute Gasteiger partial charge is 0.221 e. The van der Waals surface area contributed by atoms with E-state index in [2.05, 4.69) is 10.6 Å². The Labute approximate surface area is 115 Å². The van der Waals surface area contributed by atoms with Crippen molar-refractivity contribution in [2.24, 2.45) is 0 Å². The predicted octanol–water partition coefficient (Wildman–Crippen LogP) is 2.35. The molecule has 4 nitrogen and oxygen atoms in total. The molecule has 2 unspecified atom stereocenters. The van der Waals surface area contributed by atoms with Crippen molar-refractivity contribution in [2.75, 3.05) is 6.54 Å². The summed E-state index contributed by atoms with van der Waals surface area (Å²) in [6.45, 7) is 6.61. The van der Waals surface area contributed by atoms with E-state index in [-0.39, 0.29) is 23.7 Å². The minimum atomic E-state index is 0.0256. The summed E-state index contributed by atoms with van der Waals surface area (Å²) in [7, 11) is 0. The Kier molecular flexibility index (Phi) is 6.36. The summed E-state index contributed by atoms with van der Waals surface area (Å²) in [5, 5.41) is 15.9. The molecule has 0 spiro atoms. The minimum Gasteiger partial charge on any atom is -0.508 e. The van der Waals surface area contributed by atoms with Crippen molar-refractivity contribution in [1.29, 1.82) is 0 Å². The standard InChI is InChI=1S/C15H24N2O2/c1-4-11(2)17-15(19)9-10-16-12(3)13-7-5-6-8-14(13)18/h5-8,11-12,16,18H,4,9-10H2,1-3H3,(H,17,19). The van der Waals surface area contributed by atoms with E-state index in [0.717, 1.165) is 12.0 Å². The van der Waals surface area contributed by atoms with Crippen molar-refractivity contribution < 1.29 is 9.90 Å². The van der Waals surface area contributed by atoms with Crippen LogP contribution in [0.15, 0.2) is 24.3 Å². The molecule has 2 atom stereocenters. The Morgan fingerprint density at radius 3 is 2.63 bits per heavy atom. The van der Waals surface area contributed by atoms with Crippen LogP contribution in [-0.4, -0.2) is 23.6 Å². The molecule has 0 heterocycles. The fourth-order valence-corrected chi connectivity index (χ4v) is 1.81. The van der Waals surface area contributed by atoms with E-state index in [1.165, 1.54) is 0 Å². The summed E-state index contributed by atoms with van der Waals surface area (Å²) in [5.41, 5.74) is 0.852. The predicted molar refractivity (Wildman–Crippen MR) is 77.0 cm³/mol. The highest BCUT2D eigenvalue weighted by Crippen LogP contribution is 2.22. The van der Waals surface area contributed by atoms with Gasteiger partial charge in [0.05, 0.1) is 0 Å². The van der Waals surface area contributed by atoms with E-state index in [1.54, 1.807) is 12.1 Å². The average Bonchev–Trinajstić information content (AvgIpc) is 2.38. The summed E-state index contributed by atoms with van der Waals surface area (Å²) in [4.78, 5) is 11.6. The summed E-state index contributed by atoms with van der Waals surface area (Å²) < 4.78 is 0. The van der Waals surface area contributed by atoms with Crippen LogP contribution in [-0.2, 0) is 4.79 Å². The van der Waals surface area contributed by atoms with Gasteiger partial charge in [0.15, 0.2) is 0 Å². The first-order chi connectivity index (χ1) is 9.04. The number of phenolic OH excluding ortho intramolecular Hbond substituents is 1. The van der Waals surface area contributed by atoms with Gasteiger partial charge in [-0.1, -0.05) is 25.1 Å². The van der Waals surface area contributed by atoms with E-state index >= 15 is 0 Å². The molecule has 1 aromatic carbocycles. The fourth-order valence-electron chi connectivity index (χ4n) is 1.81. The monoisotopic (exact) mass is 264 g/mol. The number of para-hydroxylation sites is 1. The second kappa shape index (κ2) is 7.79. The van der Waals surface area contributed by atoms with E-state index in [4.69, 9.17) is 0 Å². The van der Waals surface area contributed by atoms with Gasteiger partial charge in [-0.15, -0.1) is 0 Å². The topological polar surface area (TPSA) is 61.4 Å². The van der Waals surface area contributed by atoms with Crippen molar-refractivity contribution >= 4 is 5.91 Å². The molecule has 106 valence electrons. The third-order valence-corrected chi connectivity index (χ3v) is 3.23. The van der Waals surface area contributed by atoms with Gasteiger partial charge in [-0.05, 0) is 26.3 Å². The van der Waals surface area contributed by atoms with E-state index < -0.39 is 0 Å². The number of hydrogen-bond acceptors (Lipinski definition) is 3. The third-order valence-electron chi connectivity index (χ3n) is 3.23. The molecule has 4 heteroatoms. The van der Waals surface area contributed by atoms with E-state index in [9.17, 15) is 9.90 Å². The summed E-state index contributed by atoms with van der Waals surface area (Å²) in [6, 6.07) is 7.49. The van der Waals surface area contributed by atoms with Gasteiger partial charge in [-0.3, -0.25) is 4.79 Å². The van der Waals surface area contributed by atoms with Crippen molar-refractivity contribution in [1.82, 2.24) is 10.6 Å². The van der Waals surface area contributed by atoms with E-state index in [0.29, 0.717) is 13.0 Å². The molecule has 0 fully saturated rings. The molecule has 0 radical (unpaired) electrons. The van der Waals surface area contributed by atoms with Crippen LogP contribution in [0.25, 0.3) is 0 Å². The molecule has 0 saturated carbocycles. The molecular formula is C15H24N2O2. The second-order valence-electron chi connectivity index (χ2n) is 4.86. The molecule has 0 aliphatic rings. The molecule has 0 bridgehead atoms. The maximum Gasteiger partial charge on any atom is 0.221 e. The van der Waals surface area contributed by atoms with Gasteiger partial charge in [0.25, 0.3) is 0 Å². The lowest BCUT2D eigenvalue weighted by atomic mass is 10.1. The lowest BCUT2D eigenvalue weighted by Crippen LogP contribution is -2.34. The van der Waals surface area contributed by atoms with Crippen LogP contribution in [0.2, 0.25) is 0 Å². The first-order valence-electron chi connectivity index (χ1n) is 6.85. The summed E-state index contributed by atoms with van der Waals surface area (Å²) in [5.74, 6) is 0.345. The lowest BCUT2D eigenvalue weighted by Gasteiger charge is -2.16. The molecule has 3 N–H and O–H groups in total. The maximum absolute atomic E-state index is 11.6. The van der Waals surface area contributed by atoms with Gasteiger partial charge in [-0.25, -0.2) is 0 Å². The van der Waals surface area contributed by atoms with Crippen molar-refractivity contribution in [3.8, 4) is 5.75 Å². The van der Waals surface area contributed by atoms with Gasteiger partial charge < -0.3 is 15.7 Å². The Morgan fingerprint density at radius 2 is 2.00 bits per heavy atom. The number of benzene rings is 1. The molecule has 0 aliphatic heterocycles. The fraction of sp³-hybridized carbons (Fsp3) is 0.533. The number of hydrogen-bond donors (Lipinski definition) is 3. The molecule has 1 rings (SSSR count). The summed E-state index contributed by atoms with van der Waals surface area (Å²) >= 11 is 0. The number of carbonyl (C=O) groups is 1. The largest absolute Gasteiger partial charge is 0.508 e. The number of phenols is 1. The number of rotatable bonds is 7. The molecule has 1 aromatic rings. The van der Waals surface area contributed by atoms with Gasteiger partial charge in [0, 0.05) is 30.6 Å². The summed E-state index contributed by atoms with van der Waals surface area (Å²) in [6.07, 6.45) is 1.38.